The van der Waals surface area contributed by atoms with E-state index in [1.54, 1.807) is 30.8 Å². The lowest BCUT2D eigenvalue weighted by Gasteiger charge is -2.31. The van der Waals surface area contributed by atoms with E-state index in [9.17, 15) is 19.7 Å². The number of methoxy groups -OCH3 is 1. The van der Waals surface area contributed by atoms with Gasteiger partial charge in [0.2, 0.25) is 0 Å². The summed E-state index contributed by atoms with van der Waals surface area (Å²) in [6.45, 7) is 5.34. The van der Waals surface area contributed by atoms with Crippen molar-refractivity contribution < 1.29 is 33.5 Å². The number of aryl methyl sites for hydroxylation is 1. The Kier molecular flexibility index (Phi) is 13.7. The third-order valence-electron chi connectivity index (χ3n) is 8.05. The van der Waals surface area contributed by atoms with Gasteiger partial charge >= 0.3 is 11.9 Å². The molecule has 46 heavy (non-hydrogen) atoms. The third-order valence-corrected chi connectivity index (χ3v) is 9.15. The van der Waals surface area contributed by atoms with Crippen molar-refractivity contribution in [2.24, 2.45) is 0 Å². The van der Waals surface area contributed by atoms with Gasteiger partial charge in [-0.3, -0.25) is 10.1 Å². The van der Waals surface area contributed by atoms with Gasteiger partial charge in [-0.25, -0.2) is 9.59 Å². The molecule has 1 fully saturated rings. The van der Waals surface area contributed by atoms with Crippen LogP contribution in [0.25, 0.3) is 0 Å². The zero-order valence-electron chi connectivity index (χ0n) is 26.9. The number of carbonyl (C=O) groups excluding carboxylic acids is 2. The molecule has 248 valence electrons. The second-order valence-electron chi connectivity index (χ2n) is 11.3. The Bertz CT molecular complexity index is 1420. The SMILES string of the molecule is CCC1=C(C(=O)OCCCSc2ccc(CCCCOC3CCCCO3)cc2)C(c2cccc([N+](=O)[O-])c2)C(C(=O)OC)=C(C)N1. The van der Waals surface area contributed by atoms with Gasteiger partial charge < -0.3 is 24.3 Å². The van der Waals surface area contributed by atoms with E-state index in [0.717, 1.165) is 56.0 Å². The summed E-state index contributed by atoms with van der Waals surface area (Å²) >= 11 is 1.70. The maximum absolute atomic E-state index is 13.6. The van der Waals surface area contributed by atoms with Crippen molar-refractivity contribution in [2.75, 3.05) is 32.7 Å². The molecule has 0 radical (unpaired) electrons. The molecule has 2 atom stereocenters. The molecule has 2 aliphatic heterocycles. The van der Waals surface area contributed by atoms with Crippen molar-refractivity contribution in [3.63, 3.8) is 0 Å². The van der Waals surface area contributed by atoms with Crippen LogP contribution in [0.4, 0.5) is 5.69 Å². The lowest BCUT2D eigenvalue weighted by atomic mass is 9.79. The molecule has 0 aromatic heterocycles. The number of nitro groups is 1. The van der Waals surface area contributed by atoms with Crippen LogP contribution >= 0.6 is 11.8 Å². The Hall–Kier alpha value is -3.67. The minimum atomic E-state index is -0.873. The molecular weight excluding hydrogens is 608 g/mol. The number of non-ortho nitro benzene ring substituents is 1. The summed E-state index contributed by atoms with van der Waals surface area (Å²) in [4.78, 5) is 38.6. The van der Waals surface area contributed by atoms with E-state index in [2.05, 4.69) is 29.6 Å². The lowest BCUT2D eigenvalue weighted by molar-refractivity contribution is -0.384. The number of benzene rings is 2. The van der Waals surface area contributed by atoms with Crippen molar-refractivity contribution in [1.29, 1.82) is 0 Å². The molecule has 4 rings (SSSR count). The molecule has 2 unspecified atom stereocenters. The van der Waals surface area contributed by atoms with Crippen LogP contribution in [0.2, 0.25) is 0 Å². The van der Waals surface area contributed by atoms with E-state index in [-0.39, 0.29) is 29.7 Å². The highest BCUT2D eigenvalue weighted by molar-refractivity contribution is 7.99. The molecule has 10 nitrogen and oxygen atoms in total. The van der Waals surface area contributed by atoms with Crippen molar-refractivity contribution in [2.45, 2.75) is 82.3 Å². The third kappa shape index (κ3) is 9.67. The molecule has 2 heterocycles. The number of esters is 2. The average Bonchev–Trinajstić information content (AvgIpc) is 3.08. The number of thioether (sulfide) groups is 1. The van der Waals surface area contributed by atoms with Gasteiger partial charge in [0, 0.05) is 47.4 Å². The largest absolute Gasteiger partial charge is 0.466 e. The summed E-state index contributed by atoms with van der Waals surface area (Å²) in [5.74, 6) is -1.31. The number of hydrogen-bond acceptors (Lipinski definition) is 10. The van der Waals surface area contributed by atoms with Crippen molar-refractivity contribution >= 4 is 29.4 Å². The highest BCUT2D eigenvalue weighted by atomic mass is 32.2. The topological polar surface area (TPSA) is 126 Å². The van der Waals surface area contributed by atoms with E-state index in [1.165, 1.54) is 31.2 Å². The number of unbranched alkanes of at least 4 members (excludes halogenated alkanes) is 1. The standard InChI is InChI=1S/C35H44N2O8S/c1-4-29-33(32(31(24(2)36-29)34(38)42-3)26-12-9-13-27(23-26)37(40)41)35(39)45-21-10-22-46-28-17-15-25(16-18-28)11-5-7-19-43-30-14-6-8-20-44-30/h9,12-13,15-18,23,30,32,36H,4-8,10-11,14,19-22H2,1-3H3. The van der Waals surface area contributed by atoms with Gasteiger partial charge in [-0.05, 0) is 81.5 Å². The Morgan fingerprint density at radius 1 is 1.04 bits per heavy atom. The number of dihydropyridines is 1. The molecule has 0 saturated carbocycles. The normalized spacial score (nSPS) is 18.2. The molecule has 2 aliphatic rings. The van der Waals surface area contributed by atoms with Crippen LogP contribution < -0.4 is 5.32 Å². The van der Waals surface area contributed by atoms with Gasteiger partial charge in [0.05, 0.1) is 35.7 Å². The first kappa shape index (κ1) is 35.2. The minimum absolute atomic E-state index is 0.0259. The van der Waals surface area contributed by atoms with Gasteiger partial charge in [-0.2, -0.15) is 0 Å². The van der Waals surface area contributed by atoms with E-state index in [0.29, 0.717) is 29.8 Å². The van der Waals surface area contributed by atoms with E-state index in [4.69, 9.17) is 18.9 Å². The van der Waals surface area contributed by atoms with Crippen LogP contribution in [0.1, 0.15) is 75.8 Å². The molecule has 0 spiro atoms. The van der Waals surface area contributed by atoms with Gasteiger partial charge in [-0.15, -0.1) is 11.8 Å². The number of hydrogen-bond donors (Lipinski definition) is 1. The van der Waals surface area contributed by atoms with Crippen LogP contribution in [0.3, 0.4) is 0 Å². The fourth-order valence-corrected chi connectivity index (χ4v) is 6.51. The number of nitrogens with zero attached hydrogens (tertiary/aromatic N) is 1. The maximum atomic E-state index is 13.6. The highest BCUT2D eigenvalue weighted by Gasteiger charge is 2.39. The second-order valence-corrected chi connectivity index (χ2v) is 12.5. The monoisotopic (exact) mass is 652 g/mol. The number of allylic oxidation sites excluding steroid dienone is 2. The Balaban J connectivity index is 1.28. The number of carbonyl (C=O) groups is 2. The maximum Gasteiger partial charge on any atom is 0.336 e. The summed E-state index contributed by atoms with van der Waals surface area (Å²) in [5.41, 5.74) is 3.20. The quantitative estimate of drug-likeness (QED) is 0.0667. The van der Waals surface area contributed by atoms with Crippen LogP contribution in [-0.4, -0.2) is 55.8 Å². The molecule has 1 saturated heterocycles. The van der Waals surface area contributed by atoms with Crippen molar-refractivity contribution in [3.05, 3.63) is 92.3 Å². The first-order valence-electron chi connectivity index (χ1n) is 16.0. The summed E-state index contributed by atoms with van der Waals surface area (Å²) in [5, 5.41) is 14.7. The predicted octanol–water partition coefficient (Wildman–Crippen LogP) is 6.98. The predicted molar refractivity (Wildman–Crippen MR) is 176 cm³/mol. The van der Waals surface area contributed by atoms with E-state index >= 15 is 0 Å². The molecule has 0 bridgehead atoms. The van der Waals surface area contributed by atoms with E-state index < -0.39 is 22.8 Å². The van der Waals surface area contributed by atoms with Crippen LogP contribution in [-0.2, 0) is 35.0 Å². The van der Waals surface area contributed by atoms with Crippen molar-refractivity contribution in [1.82, 2.24) is 5.32 Å². The number of nitrogens with one attached hydrogen (secondary N) is 1. The molecule has 0 aliphatic carbocycles. The minimum Gasteiger partial charge on any atom is -0.466 e. The molecule has 0 amide bonds. The fraction of sp³-hybridized carbons (Fsp3) is 0.486. The zero-order valence-corrected chi connectivity index (χ0v) is 27.7. The summed E-state index contributed by atoms with van der Waals surface area (Å²) in [6, 6.07) is 14.5. The summed E-state index contributed by atoms with van der Waals surface area (Å²) in [7, 11) is 1.26. The zero-order chi connectivity index (χ0) is 32.9. The number of nitro benzene ring substituents is 1. The molecule has 2 aromatic carbocycles. The number of ether oxygens (including phenoxy) is 4. The first-order valence-corrected chi connectivity index (χ1v) is 17.0. The van der Waals surface area contributed by atoms with Crippen LogP contribution in [0.15, 0.2) is 76.0 Å². The second kappa shape index (κ2) is 17.9. The van der Waals surface area contributed by atoms with Gasteiger partial charge in [0.1, 0.15) is 0 Å². The van der Waals surface area contributed by atoms with Crippen molar-refractivity contribution in [3.8, 4) is 0 Å². The lowest BCUT2D eigenvalue weighted by Crippen LogP contribution is -2.33. The highest BCUT2D eigenvalue weighted by Crippen LogP contribution is 2.40. The molecule has 2 aromatic rings. The first-order chi connectivity index (χ1) is 22.3. The Morgan fingerprint density at radius 3 is 2.54 bits per heavy atom. The fourth-order valence-electron chi connectivity index (χ4n) is 5.68. The van der Waals surface area contributed by atoms with Crippen LogP contribution in [0.5, 0.6) is 0 Å². The Morgan fingerprint density at radius 2 is 1.85 bits per heavy atom. The smallest absolute Gasteiger partial charge is 0.336 e. The molecule has 11 heteroatoms. The van der Waals surface area contributed by atoms with Crippen LogP contribution in [0, 0.1) is 10.1 Å². The van der Waals surface area contributed by atoms with Gasteiger partial charge in [0.25, 0.3) is 5.69 Å². The summed E-state index contributed by atoms with van der Waals surface area (Å²) < 4.78 is 22.2. The van der Waals surface area contributed by atoms with Gasteiger partial charge in [0.15, 0.2) is 6.29 Å². The molecule has 1 N–H and O–H groups in total. The molecular formula is C35H44N2O8S. The summed E-state index contributed by atoms with van der Waals surface area (Å²) in [6.07, 6.45) is 7.45. The van der Waals surface area contributed by atoms with E-state index in [1.807, 2.05) is 6.92 Å². The average molecular weight is 653 g/mol. The number of rotatable bonds is 16. The van der Waals surface area contributed by atoms with Gasteiger partial charge in [-0.1, -0.05) is 31.2 Å². The Labute approximate surface area is 275 Å².